The summed E-state index contributed by atoms with van der Waals surface area (Å²) in [4.78, 5) is 70.1. The highest BCUT2D eigenvalue weighted by molar-refractivity contribution is 9.10. The number of alkyl halides is 1. The van der Waals surface area contributed by atoms with Gasteiger partial charge in [0.25, 0.3) is 0 Å². The molecule has 0 spiro atoms. The summed E-state index contributed by atoms with van der Waals surface area (Å²) in [5.74, 6) is 4.81. The standard InChI is InChI=1S/C20H24FNO3.2C20H26O2.C19H23BrO2.C19H24O3/c1-12(23)22-19-8-13-6-15(9-19)20(11-18(24)25,16(7-13)10-19)14-2-4-17(21)5-3-14;2*1-19-9-15-7-16(11-19)20(13-18(21)22,17(8-15)12-19)10-14-5-3-2-4-6-14;20-18-8-14-6-15(10-18)19(12-17(21)22,16(7-14)11-18)9-13-4-2-1-3-5-13;20-17(21)12-19(9-13-4-2-1-3-5-13)15-6-14-7-16(19)11-18(22,8-14)10-15/h2-5,13,15-16H,6-11H2,1H3,(H,22,23)(H,24,25);2*2-6,15-17H,7-13H2,1H3,(H,21,22);1-5,14-16H,6-12H2,(H,21,22);1-5,14-16,22H,6-12H2,(H,20,21). The molecule has 20 aliphatic carbocycles. The fourth-order valence-corrected chi connectivity index (χ4v) is 32.7. The van der Waals surface area contributed by atoms with Crippen molar-refractivity contribution in [1.29, 1.82) is 0 Å². The number of carbonyl (C=O) groups is 6. The summed E-state index contributed by atoms with van der Waals surface area (Å²) in [5, 5.41) is 62.0. The lowest BCUT2D eigenvalue weighted by Crippen LogP contribution is -2.67. The van der Waals surface area contributed by atoms with E-state index >= 15 is 0 Å². The minimum atomic E-state index is -0.801. The number of hydrogen-bond acceptors (Lipinski definition) is 7. The Labute approximate surface area is 677 Å². The maximum atomic E-state index is 13.4. The number of rotatable bonds is 20. The van der Waals surface area contributed by atoms with E-state index in [1.54, 1.807) is 19.1 Å². The van der Waals surface area contributed by atoms with Crippen LogP contribution in [0.25, 0.3) is 0 Å². The molecule has 0 heterocycles. The van der Waals surface area contributed by atoms with Crippen molar-refractivity contribution < 1.29 is 63.8 Å². The van der Waals surface area contributed by atoms with Crippen LogP contribution in [0.4, 0.5) is 4.39 Å². The summed E-state index contributed by atoms with van der Waals surface area (Å²) in [5.41, 5.74) is 5.82. The third kappa shape index (κ3) is 15.8. The van der Waals surface area contributed by atoms with Crippen molar-refractivity contribution in [3.63, 3.8) is 0 Å². The molecule has 13 nitrogen and oxygen atoms in total. The molecule has 5 aromatic rings. The molecule has 20 fully saturated rings. The molecule has 5 aromatic carbocycles. The van der Waals surface area contributed by atoms with Gasteiger partial charge in [0, 0.05) is 22.2 Å². The Kier molecular flexibility index (Phi) is 21.7. The van der Waals surface area contributed by atoms with Gasteiger partial charge in [-0.3, -0.25) is 28.8 Å². The Bertz CT molecular complexity index is 3800. The van der Waals surface area contributed by atoms with Crippen LogP contribution in [0.1, 0.15) is 241 Å². The molecule has 0 radical (unpaired) electrons. The third-order valence-corrected chi connectivity index (χ3v) is 35.1. The number of halogens is 2. The Morgan fingerprint density at radius 2 is 0.637 bits per heavy atom. The quantitative estimate of drug-likeness (QED) is 0.0361. The highest BCUT2D eigenvalue weighted by atomic mass is 79.9. The number of aliphatic carboxylic acids is 5. The van der Waals surface area contributed by atoms with Gasteiger partial charge in [-0.25, -0.2) is 4.39 Å². The summed E-state index contributed by atoms with van der Waals surface area (Å²) in [6, 6.07) is 48.4. The highest BCUT2D eigenvalue weighted by Crippen LogP contribution is 2.73. The van der Waals surface area contributed by atoms with Crippen molar-refractivity contribution >= 4 is 51.7 Å². The summed E-state index contributed by atoms with van der Waals surface area (Å²) in [6.07, 6.45) is 33.5. The first-order valence-corrected chi connectivity index (χ1v) is 44.3. The van der Waals surface area contributed by atoms with Crippen LogP contribution in [-0.2, 0) is 59.9 Å². The molecule has 1 amide bonds. The van der Waals surface area contributed by atoms with Crippen LogP contribution in [0.2, 0.25) is 0 Å². The normalized spacial score (nSPS) is 41.6. The summed E-state index contributed by atoms with van der Waals surface area (Å²) >= 11 is 4.01. The first kappa shape index (κ1) is 80.1. The highest BCUT2D eigenvalue weighted by Gasteiger charge is 2.67. The third-order valence-electron chi connectivity index (χ3n) is 34.1. The average Bonchev–Trinajstić information content (AvgIpc) is 0.710. The molecule has 0 aromatic heterocycles. The van der Waals surface area contributed by atoms with Gasteiger partial charge in [-0.1, -0.05) is 163 Å². The van der Waals surface area contributed by atoms with Gasteiger partial charge in [0.15, 0.2) is 0 Å². The summed E-state index contributed by atoms with van der Waals surface area (Å²) < 4.78 is 13.7. The van der Waals surface area contributed by atoms with Crippen molar-refractivity contribution in [3.8, 4) is 0 Å². The van der Waals surface area contributed by atoms with Crippen LogP contribution in [0.15, 0.2) is 146 Å². The molecule has 25 rings (SSSR count). The second-order valence-electron chi connectivity index (χ2n) is 41.7. The topological polar surface area (TPSA) is 236 Å². The SMILES string of the molecule is CC(=O)NC12CC3CC(C1)C(CC(=O)O)(c1ccc(F)cc1)C(C3)C2.CC12CC3CC(C1)C(CC(=O)O)(Cc1ccccc1)C(C3)C2.CC12CC3CC(C1)C(CC(=O)O)(Cc1ccccc1)C(C3)C2.O=C(O)CC1(Cc2ccccc2)C2CC3CC1CC(Br)(C3)C2.O=C(O)CC1(Cc2ccccc2)C2CC3CC1CC(O)(C3)C2. The molecule has 0 saturated heterocycles. The number of benzene rings is 5. The molecule has 15 heteroatoms. The molecular weight excluding hydrogens is 1480 g/mol. The molecular formula is C98H123BrFNO12. The number of aliphatic hydroxyl groups is 1. The van der Waals surface area contributed by atoms with E-state index in [0.29, 0.717) is 93.6 Å². The lowest BCUT2D eigenvalue weighted by atomic mass is 9.40. The number of amides is 1. The van der Waals surface area contributed by atoms with Gasteiger partial charge in [0.2, 0.25) is 5.91 Å². The van der Waals surface area contributed by atoms with Gasteiger partial charge >= 0.3 is 29.8 Å². The van der Waals surface area contributed by atoms with Crippen LogP contribution in [-0.4, -0.2) is 81.9 Å². The Morgan fingerprint density at radius 3 is 0.929 bits per heavy atom. The van der Waals surface area contributed by atoms with Crippen molar-refractivity contribution in [2.75, 3.05) is 0 Å². The molecule has 606 valence electrons. The van der Waals surface area contributed by atoms with Crippen molar-refractivity contribution in [2.24, 2.45) is 121 Å². The minimum Gasteiger partial charge on any atom is -0.481 e. The van der Waals surface area contributed by atoms with Crippen LogP contribution in [0, 0.1) is 127 Å². The summed E-state index contributed by atoms with van der Waals surface area (Å²) in [7, 11) is 0. The van der Waals surface area contributed by atoms with Gasteiger partial charge < -0.3 is 36.0 Å². The van der Waals surface area contributed by atoms with Gasteiger partial charge in [-0.2, -0.15) is 0 Å². The van der Waals surface area contributed by atoms with Crippen molar-refractivity contribution in [3.05, 3.63) is 179 Å². The fraction of sp³-hybridized carbons (Fsp3) is 0.633. The van der Waals surface area contributed by atoms with E-state index in [4.69, 9.17) is 0 Å². The molecule has 113 heavy (non-hydrogen) atoms. The summed E-state index contributed by atoms with van der Waals surface area (Å²) in [6.45, 7) is 6.46. The smallest absolute Gasteiger partial charge is 0.304 e. The first-order valence-electron chi connectivity index (χ1n) is 43.5. The van der Waals surface area contributed by atoms with Crippen molar-refractivity contribution in [2.45, 2.75) is 260 Å². The Morgan fingerprint density at radius 1 is 0.354 bits per heavy atom. The lowest BCUT2D eigenvalue weighted by molar-refractivity contribution is -0.198. The first-order chi connectivity index (χ1) is 53.8. The maximum absolute atomic E-state index is 13.4. The van der Waals surface area contributed by atoms with Gasteiger partial charge in [-0.15, -0.1) is 0 Å². The second kappa shape index (κ2) is 30.7. The van der Waals surface area contributed by atoms with Gasteiger partial charge in [-0.05, 0) is 347 Å². The Hall–Kier alpha value is -6.71. The molecule has 7 N–H and O–H groups in total. The van der Waals surface area contributed by atoms with Crippen molar-refractivity contribution in [1.82, 2.24) is 5.32 Å². The van der Waals surface area contributed by atoms with E-state index in [1.165, 1.54) is 131 Å². The number of carboxylic acid groups (broad SMARTS) is 5. The molecule has 10 unspecified atom stereocenters. The maximum Gasteiger partial charge on any atom is 0.304 e. The fourth-order valence-electron chi connectivity index (χ4n) is 31.5. The van der Waals surface area contributed by atoms with E-state index in [2.05, 4.69) is 120 Å². The predicted molar refractivity (Wildman–Crippen MR) is 437 cm³/mol. The number of carboxylic acids is 5. The number of hydrogen-bond donors (Lipinski definition) is 7. The number of carbonyl (C=O) groups excluding carboxylic acids is 1. The molecule has 20 bridgehead atoms. The largest absolute Gasteiger partial charge is 0.481 e. The second-order valence-corrected chi connectivity index (χ2v) is 43.3. The molecule has 20 saturated carbocycles. The van der Waals surface area contributed by atoms with E-state index in [0.717, 1.165) is 113 Å². The van der Waals surface area contributed by atoms with Gasteiger partial charge in [0.1, 0.15) is 5.82 Å². The van der Waals surface area contributed by atoms with E-state index in [1.807, 2.05) is 36.4 Å². The van der Waals surface area contributed by atoms with E-state index < -0.39 is 40.9 Å². The lowest BCUT2D eigenvalue weighted by Gasteiger charge is -2.65. The van der Waals surface area contributed by atoms with E-state index in [9.17, 15) is 63.8 Å². The van der Waals surface area contributed by atoms with E-state index in [-0.39, 0.29) is 63.6 Å². The van der Waals surface area contributed by atoms with Crippen LogP contribution < -0.4 is 5.32 Å². The minimum absolute atomic E-state index is 0.00359. The predicted octanol–water partition coefficient (Wildman–Crippen LogP) is 20.3. The monoisotopic (exact) mass is 1600 g/mol. The molecule has 0 aliphatic heterocycles. The Balaban J connectivity index is 0.000000107. The zero-order valence-electron chi connectivity index (χ0n) is 66.9. The zero-order valence-corrected chi connectivity index (χ0v) is 68.5. The zero-order chi connectivity index (χ0) is 79.3. The van der Waals surface area contributed by atoms with Crippen LogP contribution in [0.5, 0.6) is 0 Å². The van der Waals surface area contributed by atoms with Gasteiger partial charge in [0.05, 0.1) is 37.7 Å². The molecule has 20 aliphatic rings. The average molecular weight is 1610 g/mol. The van der Waals surface area contributed by atoms with Crippen LogP contribution in [0.3, 0.4) is 0 Å². The number of nitrogens with one attached hydrogen (secondary N) is 1. The van der Waals surface area contributed by atoms with Crippen LogP contribution >= 0.6 is 15.9 Å². The molecule has 10 atom stereocenters.